The Balaban J connectivity index is 2.40. The van der Waals surface area contributed by atoms with Crippen molar-refractivity contribution in [2.45, 2.75) is 19.9 Å². The summed E-state index contributed by atoms with van der Waals surface area (Å²) in [6.07, 6.45) is 3.69. The quantitative estimate of drug-likeness (QED) is 0.883. The van der Waals surface area contributed by atoms with Crippen molar-refractivity contribution in [1.29, 1.82) is 0 Å². The van der Waals surface area contributed by atoms with Crippen LogP contribution in [0.2, 0.25) is 0 Å². The van der Waals surface area contributed by atoms with E-state index in [9.17, 15) is 0 Å². The van der Waals surface area contributed by atoms with Crippen LogP contribution in [-0.2, 0) is 7.05 Å². The van der Waals surface area contributed by atoms with E-state index in [1.54, 1.807) is 11.3 Å². The molecule has 0 saturated heterocycles. The number of aryl methyl sites for hydroxylation is 3. The number of thiazole rings is 1. The second kappa shape index (κ2) is 4.35. The van der Waals surface area contributed by atoms with Gasteiger partial charge in [-0.2, -0.15) is 0 Å². The van der Waals surface area contributed by atoms with Gasteiger partial charge < -0.3 is 9.88 Å². The number of rotatable bonds is 3. The van der Waals surface area contributed by atoms with Gasteiger partial charge in [-0.3, -0.25) is 0 Å². The molecule has 0 aliphatic rings. The Morgan fingerprint density at radius 2 is 2.19 bits per heavy atom. The van der Waals surface area contributed by atoms with Crippen molar-refractivity contribution in [3.63, 3.8) is 0 Å². The van der Waals surface area contributed by atoms with Gasteiger partial charge in [0.15, 0.2) is 0 Å². The summed E-state index contributed by atoms with van der Waals surface area (Å²) in [5.41, 5.74) is 2.25. The minimum absolute atomic E-state index is 0.130. The van der Waals surface area contributed by atoms with Gasteiger partial charge in [0.1, 0.15) is 11.0 Å². The lowest BCUT2D eigenvalue weighted by Gasteiger charge is -2.13. The van der Waals surface area contributed by atoms with Gasteiger partial charge in [0, 0.05) is 11.9 Å². The molecule has 0 saturated carbocycles. The van der Waals surface area contributed by atoms with Crippen molar-refractivity contribution in [3.8, 4) is 0 Å². The van der Waals surface area contributed by atoms with E-state index in [4.69, 9.17) is 0 Å². The summed E-state index contributed by atoms with van der Waals surface area (Å²) < 4.78 is 2.02. The first-order valence-electron chi connectivity index (χ1n) is 5.21. The molecule has 0 aliphatic carbocycles. The molecule has 5 heteroatoms. The van der Waals surface area contributed by atoms with Gasteiger partial charge in [-0.1, -0.05) is 0 Å². The van der Waals surface area contributed by atoms with Crippen LogP contribution in [-0.4, -0.2) is 21.6 Å². The van der Waals surface area contributed by atoms with Gasteiger partial charge in [0.05, 0.1) is 23.9 Å². The fourth-order valence-electron chi connectivity index (χ4n) is 1.66. The van der Waals surface area contributed by atoms with E-state index in [0.717, 1.165) is 16.4 Å². The molecule has 0 spiro atoms. The van der Waals surface area contributed by atoms with Crippen molar-refractivity contribution in [1.82, 2.24) is 19.9 Å². The molecule has 4 nitrogen and oxygen atoms in total. The fraction of sp³-hybridized carbons (Fsp3) is 0.455. The highest BCUT2D eigenvalue weighted by molar-refractivity contribution is 7.11. The van der Waals surface area contributed by atoms with Gasteiger partial charge in [-0.15, -0.1) is 11.3 Å². The standard InChI is InChI=1S/C11H16N4S/c1-7-8(2)16-11(14-7)10(12-3)9-5-13-6-15(9)4/h5-6,10,12H,1-4H3. The van der Waals surface area contributed by atoms with Crippen molar-refractivity contribution in [2.75, 3.05) is 7.05 Å². The summed E-state index contributed by atoms with van der Waals surface area (Å²) in [4.78, 5) is 10.0. The molecule has 1 atom stereocenters. The molecule has 0 bridgehead atoms. The van der Waals surface area contributed by atoms with Gasteiger partial charge >= 0.3 is 0 Å². The molecule has 0 amide bonds. The van der Waals surface area contributed by atoms with E-state index in [-0.39, 0.29) is 6.04 Å². The van der Waals surface area contributed by atoms with E-state index < -0.39 is 0 Å². The molecule has 0 radical (unpaired) electrons. The molecule has 16 heavy (non-hydrogen) atoms. The second-order valence-corrected chi connectivity index (χ2v) is 5.08. The molecule has 2 rings (SSSR count). The van der Waals surface area contributed by atoms with Crippen molar-refractivity contribution in [3.05, 3.63) is 33.8 Å². The lowest BCUT2D eigenvalue weighted by atomic mass is 10.2. The van der Waals surface area contributed by atoms with Crippen molar-refractivity contribution < 1.29 is 0 Å². The Morgan fingerprint density at radius 3 is 2.62 bits per heavy atom. The Labute approximate surface area is 99.4 Å². The molecule has 2 aromatic rings. The van der Waals surface area contributed by atoms with Crippen LogP contribution in [0.15, 0.2) is 12.5 Å². The Morgan fingerprint density at radius 1 is 1.44 bits per heavy atom. The largest absolute Gasteiger partial charge is 0.336 e. The van der Waals surface area contributed by atoms with Crippen molar-refractivity contribution in [2.24, 2.45) is 7.05 Å². The summed E-state index contributed by atoms with van der Waals surface area (Å²) in [6.45, 7) is 4.15. The summed E-state index contributed by atoms with van der Waals surface area (Å²) in [5, 5.41) is 4.39. The highest BCUT2D eigenvalue weighted by Crippen LogP contribution is 2.27. The maximum atomic E-state index is 4.59. The van der Waals surface area contributed by atoms with E-state index in [0.29, 0.717) is 0 Å². The smallest absolute Gasteiger partial charge is 0.116 e. The maximum Gasteiger partial charge on any atom is 0.116 e. The molecule has 0 fully saturated rings. The lowest BCUT2D eigenvalue weighted by Crippen LogP contribution is -2.19. The summed E-state index contributed by atoms with van der Waals surface area (Å²) in [7, 11) is 3.95. The third kappa shape index (κ3) is 1.88. The summed E-state index contributed by atoms with van der Waals surface area (Å²) >= 11 is 1.74. The van der Waals surface area contributed by atoms with Gasteiger partial charge in [-0.25, -0.2) is 9.97 Å². The zero-order valence-electron chi connectivity index (χ0n) is 9.98. The third-order valence-electron chi connectivity index (χ3n) is 2.73. The van der Waals surface area contributed by atoms with Crippen LogP contribution in [0.4, 0.5) is 0 Å². The first kappa shape index (κ1) is 11.3. The molecule has 86 valence electrons. The van der Waals surface area contributed by atoms with E-state index >= 15 is 0 Å². The van der Waals surface area contributed by atoms with E-state index in [1.807, 2.05) is 38.1 Å². The monoisotopic (exact) mass is 236 g/mol. The Bertz CT molecular complexity index is 466. The molecule has 2 heterocycles. The van der Waals surface area contributed by atoms with Crippen LogP contribution in [0, 0.1) is 13.8 Å². The fourth-order valence-corrected chi connectivity index (χ4v) is 2.71. The van der Waals surface area contributed by atoms with Crippen molar-refractivity contribution >= 4 is 11.3 Å². The number of hydrogen-bond donors (Lipinski definition) is 1. The van der Waals surface area contributed by atoms with Gasteiger partial charge in [0.2, 0.25) is 0 Å². The van der Waals surface area contributed by atoms with E-state index in [1.165, 1.54) is 4.88 Å². The topological polar surface area (TPSA) is 42.7 Å². The molecular weight excluding hydrogens is 220 g/mol. The molecule has 0 aliphatic heterocycles. The maximum absolute atomic E-state index is 4.59. The zero-order valence-corrected chi connectivity index (χ0v) is 10.8. The second-order valence-electron chi connectivity index (χ2n) is 3.84. The molecule has 0 aromatic carbocycles. The van der Waals surface area contributed by atoms with Crippen LogP contribution < -0.4 is 5.32 Å². The molecule has 2 aromatic heterocycles. The SMILES string of the molecule is CNC(c1nc(C)c(C)s1)c1cncn1C. The highest BCUT2D eigenvalue weighted by atomic mass is 32.1. The predicted octanol–water partition coefficient (Wildman–Crippen LogP) is 1.80. The number of hydrogen-bond acceptors (Lipinski definition) is 4. The number of nitrogens with zero attached hydrogens (tertiary/aromatic N) is 3. The van der Waals surface area contributed by atoms with E-state index in [2.05, 4.69) is 22.2 Å². The predicted molar refractivity (Wildman–Crippen MR) is 65.7 cm³/mol. The Hall–Kier alpha value is -1.20. The third-order valence-corrected chi connectivity index (χ3v) is 3.87. The number of nitrogens with one attached hydrogen (secondary N) is 1. The van der Waals surface area contributed by atoms with Gasteiger partial charge in [-0.05, 0) is 20.9 Å². The van der Waals surface area contributed by atoms with Crippen LogP contribution >= 0.6 is 11.3 Å². The van der Waals surface area contributed by atoms with Crippen LogP contribution in [0.5, 0.6) is 0 Å². The van der Waals surface area contributed by atoms with Crippen LogP contribution in [0.1, 0.15) is 27.3 Å². The molecular formula is C11H16N4S. The minimum Gasteiger partial charge on any atom is -0.336 e. The minimum atomic E-state index is 0.130. The molecule has 1 unspecified atom stereocenters. The van der Waals surface area contributed by atoms with Crippen LogP contribution in [0.25, 0.3) is 0 Å². The average molecular weight is 236 g/mol. The Kier molecular flexibility index (Phi) is 3.07. The summed E-state index contributed by atoms with van der Waals surface area (Å²) in [6, 6.07) is 0.130. The molecule has 1 N–H and O–H groups in total. The zero-order chi connectivity index (χ0) is 11.7. The summed E-state index contributed by atoms with van der Waals surface area (Å²) in [5.74, 6) is 0. The normalized spacial score (nSPS) is 13.0. The number of aromatic nitrogens is 3. The first-order valence-corrected chi connectivity index (χ1v) is 6.02. The average Bonchev–Trinajstić information content (AvgIpc) is 2.78. The highest BCUT2D eigenvalue weighted by Gasteiger charge is 2.19. The van der Waals surface area contributed by atoms with Crippen LogP contribution in [0.3, 0.4) is 0 Å². The number of imidazole rings is 1. The van der Waals surface area contributed by atoms with Gasteiger partial charge in [0.25, 0.3) is 0 Å². The lowest BCUT2D eigenvalue weighted by molar-refractivity contribution is 0.633. The first-order chi connectivity index (χ1) is 7.63.